The summed E-state index contributed by atoms with van der Waals surface area (Å²) in [6.07, 6.45) is 1.50. The van der Waals surface area contributed by atoms with Crippen LogP contribution in [0.25, 0.3) is 0 Å². The number of carbonyl (C=O) groups excluding carboxylic acids is 1. The number of rotatable bonds is 2. The molecule has 1 N–H and O–H groups in total. The molecule has 2 aromatic rings. The molecular formula is C12H13ClN4OS. The third kappa shape index (κ3) is 3.48. The molecule has 0 radical (unpaired) electrons. The van der Waals surface area contributed by atoms with E-state index >= 15 is 0 Å². The highest BCUT2D eigenvalue weighted by Gasteiger charge is 2.19. The van der Waals surface area contributed by atoms with Gasteiger partial charge in [0.2, 0.25) is 0 Å². The first-order chi connectivity index (χ1) is 8.86. The molecule has 0 bridgehead atoms. The van der Waals surface area contributed by atoms with Gasteiger partial charge in [0.1, 0.15) is 10.2 Å². The van der Waals surface area contributed by atoms with Gasteiger partial charge in [0, 0.05) is 28.2 Å². The van der Waals surface area contributed by atoms with E-state index in [1.165, 1.54) is 6.20 Å². The molecule has 19 heavy (non-hydrogen) atoms. The molecule has 2 aromatic heterocycles. The van der Waals surface area contributed by atoms with Crippen LogP contribution in [0.15, 0.2) is 18.3 Å². The van der Waals surface area contributed by atoms with E-state index in [-0.39, 0.29) is 11.3 Å². The molecule has 0 aromatic carbocycles. The second-order valence-corrected chi connectivity index (χ2v) is 6.22. The number of anilines is 1. The summed E-state index contributed by atoms with van der Waals surface area (Å²) in [5, 5.41) is 7.27. The van der Waals surface area contributed by atoms with Gasteiger partial charge < -0.3 is 5.32 Å². The molecule has 0 saturated heterocycles. The summed E-state index contributed by atoms with van der Waals surface area (Å²) >= 11 is 7.09. The van der Waals surface area contributed by atoms with Crippen LogP contribution in [0.1, 0.15) is 36.8 Å². The van der Waals surface area contributed by atoms with Crippen molar-refractivity contribution < 1.29 is 4.79 Å². The summed E-state index contributed by atoms with van der Waals surface area (Å²) in [5.74, 6) is -0.249. The second kappa shape index (κ2) is 5.22. The molecule has 0 aliphatic heterocycles. The minimum absolute atomic E-state index is 0.175. The van der Waals surface area contributed by atoms with Crippen LogP contribution in [0.3, 0.4) is 0 Å². The lowest BCUT2D eigenvalue weighted by Gasteiger charge is -2.18. The van der Waals surface area contributed by atoms with Crippen molar-refractivity contribution in [2.75, 3.05) is 5.32 Å². The number of nitrogens with one attached hydrogen (secondary N) is 1. The normalized spacial score (nSPS) is 11.4. The van der Waals surface area contributed by atoms with E-state index < -0.39 is 0 Å². The van der Waals surface area contributed by atoms with E-state index in [0.717, 1.165) is 17.2 Å². The van der Waals surface area contributed by atoms with Gasteiger partial charge in [0.25, 0.3) is 5.91 Å². The largest absolute Gasteiger partial charge is 0.311 e. The molecule has 0 atom stereocenters. The number of halogens is 1. The van der Waals surface area contributed by atoms with Gasteiger partial charge in [-0.1, -0.05) is 36.9 Å². The third-order valence-corrected chi connectivity index (χ3v) is 3.20. The van der Waals surface area contributed by atoms with Gasteiger partial charge in [0.15, 0.2) is 0 Å². The van der Waals surface area contributed by atoms with Crippen molar-refractivity contribution in [3.05, 3.63) is 34.7 Å². The summed E-state index contributed by atoms with van der Waals surface area (Å²) in [4.78, 5) is 16.3. The summed E-state index contributed by atoms with van der Waals surface area (Å²) in [5.41, 5.74) is 1.07. The van der Waals surface area contributed by atoms with Gasteiger partial charge in [-0.05, 0) is 12.1 Å². The average molecular weight is 297 g/mol. The van der Waals surface area contributed by atoms with Crippen molar-refractivity contribution in [2.45, 2.75) is 26.2 Å². The highest BCUT2D eigenvalue weighted by atomic mass is 35.5. The first-order valence-electron chi connectivity index (χ1n) is 5.63. The SMILES string of the molecule is CC(C)(C)c1cc(C(=O)Nc2cnns2)cc(Cl)n1. The van der Waals surface area contributed by atoms with Crippen molar-refractivity contribution in [1.29, 1.82) is 0 Å². The molecule has 0 fully saturated rings. The standard InChI is InChI=1S/C12H13ClN4OS/c1-12(2,3)8-4-7(5-9(13)15-8)11(18)16-10-6-14-17-19-10/h4-6H,1-3H3,(H,16,18). The van der Waals surface area contributed by atoms with Crippen molar-refractivity contribution in [2.24, 2.45) is 0 Å². The minimum Gasteiger partial charge on any atom is -0.311 e. The number of amides is 1. The van der Waals surface area contributed by atoms with E-state index in [1.54, 1.807) is 12.1 Å². The molecule has 0 spiro atoms. The van der Waals surface area contributed by atoms with E-state index in [2.05, 4.69) is 19.9 Å². The predicted octanol–water partition coefficient (Wildman–Crippen LogP) is 3.14. The Morgan fingerprint density at radius 2 is 2.11 bits per heavy atom. The number of aromatic nitrogens is 3. The van der Waals surface area contributed by atoms with Crippen molar-refractivity contribution in [3.63, 3.8) is 0 Å². The smallest absolute Gasteiger partial charge is 0.256 e. The maximum atomic E-state index is 12.1. The van der Waals surface area contributed by atoms with Crippen LogP contribution in [-0.4, -0.2) is 20.5 Å². The zero-order valence-corrected chi connectivity index (χ0v) is 12.3. The fraction of sp³-hybridized carbons (Fsp3) is 0.333. The average Bonchev–Trinajstić information content (AvgIpc) is 2.79. The van der Waals surface area contributed by atoms with Crippen LogP contribution in [0.4, 0.5) is 5.00 Å². The second-order valence-electron chi connectivity index (χ2n) is 5.05. The van der Waals surface area contributed by atoms with Gasteiger partial charge >= 0.3 is 0 Å². The summed E-state index contributed by atoms with van der Waals surface area (Å²) < 4.78 is 3.68. The predicted molar refractivity (Wildman–Crippen MR) is 75.8 cm³/mol. The monoisotopic (exact) mass is 296 g/mol. The van der Waals surface area contributed by atoms with Gasteiger partial charge in [0.05, 0.1) is 6.20 Å². The summed E-state index contributed by atoms with van der Waals surface area (Å²) in [7, 11) is 0. The van der Waals surface area contributed by atoms with Crippen LogP contribution in [-0.2, 0) is 5.41 Å². The Hall–Kier alpha value is -1.53. The molecule has 1 amide bonds. The van der Waals surface area contributed by atoms with Gasteiger partial charge in [-0.2, -0.15) is 0 Å². The number of carbonyl (C=O) groups is 1. The fourth-order valence-electron chi connectivity index (χ4n) is 1.42. The molecule has 2 rings (SSSR count). The highest BCUT2D eigenvalue weighted by Crippen LogP contribution is 2.24. The van der Waals surface area contributed by atoms with Crippen LogP contribution in [0, 0.1) is 0 Å². The Kier molecular flexibility index (Phi) is 3.82. The zero-order valence-electron chi connectivity index (χ0n) is 10.8. The molecule has 7 heteroatoms. The van der Waals surface area contributed by atoms with Crippen LogP contribution < -0.4 is 5.32 Å². The minimum atomic E-state index is -0.249. The van der Waals surface area contributed by atoms with Crippen LogP contribution in [0.2, 0.25) is 5.15 Å². The van der Waals surface area contributed by atoms with Crippen molar-refractivity contribution >= 4 is 34.0 Å². The van der Waals surface area contributed by atoms with Gasteiger partial charge in [-0.3, -0.25) is 4.79 Å². The van der Waals surface area contributed by atoms with E-state index in [4.69, 9.17) is 11.6 Å². The van der Waals surface area contributed by atoms with Gasteiger partial charge in [-0.15, -0.1) is 5.10 Å². The maximum absolute atomic E-state index is 12.1. The molecule has 0 unspecified atom stereocenters. The van der Waals surface area contributed by atoms with Gasteiger partial charge in [-0.25, -0.2) is 4.98 Å². The molecule has 2 heterocycles. The number of hydrogen-bond acceptors (Lipinski definition) is 5. The van der Waals surface area contributed by atoms with Crippen molar-refractivity contribution in [1.82, 2.24) is 14.6 Å². The topological polar surface area (TPSA) is 67.8 Å². The fourth-order valence-corrected chi connectivity index (χ4v) is 2.04. The maximum Gasteiger partial charge on any atom is 0.256 e. The van der Waals surface area contributed by atoms with Crippen molar-refractivity contribution in [3.8, 4) is 0 Å². The third-order valence-electron chi connectivity index (χ3n) is 2.42. The highest BCUT2D eigenvalue weighted by molar-refractivity contribution is 7.10. The molecule has 5 nitrogen and oxygen atoms in total. The van der Waals surface area contributed by atoms with E-state index in [9.17, 15) is 4.79 Å². The Morgan fingerprint density at radius 1 is 1.37 bits per heavy atom. The first-order valence-corrected chi connectivity index (χ1v) is 6.78. The lowest BCUT2D eigenvalue weighted by Crippen LogP contribution is -2.17. The Morgan fingerprint density at radius 3 is 2.68 bits per heavy atom. The Labute approximate surface area is 120 Å². The lowest BCUT2D eigenvalue weighted by atomic mass is 9.91. The quantitative estimate of drug-likeness (QED) is 0.865. The molecule has 0 aliphatic carbocycles. The van der Waals surface area contributed by atoms with Crippen LogP contribution >= 0.6 is 23.1 Å². The first kappa shape index (κ1) is 13.9. The number of pyridine rings is 1. The molecule has 100 valence electrons. The molecule has 0 aliphatic rings. The summed E-state index contributed by atoms with van der Waals surface area (Å²) in [6, 6.07) is 3.29. The Balaban J connectivity index is 2.29. The zero-order chi connectivity index (χ0) is 14.0. The lowest BCUT2D eigenvalue weighted by molar-refractivity contribution is 0.102. The molecular weight excluding hydrogens is 284 g/mol. The Bertz CT molecular complexity index is 592. The van der Waals surface area contributed by atoms with E-state index in [0.29, 0.717) is 15.7 Å². The van der Waals surface area contributed by atoms with Crippen LogP contribution in [0.5, 0.6) is 0 Å². The van der Waals surface area contributed by atoms with E-state index in [1.807, 2.05) is 20.8 Å². The molecule has 0 saturated carbocycles. The number of hydrogen-bond donors (Lipinski definition) is 1. The summed E-state index contributed by atoms with van der Waals surface area (Å²) in [6.45, 7) is 6.04. The number of nitrogens with zero attached hydrogens (tertiary/aromatic N) is 3.